The van der Waals surface area contributed by atoms with Crippen LogP contribution in [0.1, 0.15) is 47.9 Å². The summed E-state index contributed by atoms with van der Waals surface area (Å²) in [5, 5.41) is 11.7. The van der Waals surface area contributed by atoms with Gasteiger partial charge in [-0.1, -0.05) is 19.9 Å². The molecule has 6 nitrogen and oxygen atoms in total. The molecular weight excluding hydrogens is 296 g/mol. The minimum absolute atomic E-state index is 0.141. The Bertz CT molecular complexity index is 584. The predicted molar refractivity (Wildman–Crippen MR) is 87.4 cm³/mol. The molecular formula is C17H24N2O4. The van der Waals surface area contributed by atoms with Crippen molar-refractivity contribution in [3.63, 3.8) is 0 Å². The van der Waals surface area contributed by atoms with Gasteiger partial charge in [-0.15, -0.1) is 0 Å². The van der Waals surface area contributed by atoms with E-state index in [1.54, 1.807) is 25.2 Å². The number of carbonyl (C=O) groups is 3. The van der Waals surface area contributed by atoms with Crippen molar-refractivity contribution in [2.75, 3.05) is 13.6 Å². The summed E-state index contributed by atoms with van der Waals surface area (Å²) in [4.78, 5) is 37.1. The molecule has 0 aliphatic rings. The lowest BCUT2D eigenvalue weighted by molar-refractivity contribution is -0.139. The number of carboxylic acid groups (broad SMARTS) is 1. The molecule has 2 N–H and O–H groups in total. The first-order valence-electron chi connectivity index (χ1n) is 7.65. The third kappa shape index (κ3) is 5.39. The Hall–Kier alpha value is -2.37. The molecule has 0 aliphatic carbocycles. The highest BCUT2D eigenvalue weighted by Crippen LogP contribution is 2.10. The van der Waals surface area contributed by atoms with Gasteiger partial charge in [-0.2, -0.15) is 0 Å². The standard InChI is InChI=1S/C17H24N2O4/c1-5-19(4)16(21)13-8-6-7-12(10-13)15(20)18-14(17(22)23)9-11(2)3/h6-8,10-11,14H,5,9H2,1-4H3,(H,18,20)(H,22,23). The average molecular weight is 320 g/mol. The Morgan fingerprint density at radius 3 is 2.35 bits per heavy atom. The van der Waals surface area contributed by atoms with Crippen LogP contribution in [0.25, 0.3) is 0 Å². The zero-order valence-corrected chi connectivity index (χ0v) is 14.0. The summed E-state index contributed by atoms with van der Waals surface area (Å²) in [5.41, 5.74) is 0.674. The molecule has 0 saturated carbocycles. The summed E-state index contributed by atoms with van der Waals surface area (Å²) in [6, 6.07) is 5.35. The summed E-state index contributed by atoms with van der Waals surface area (Å²) >= 11 is 0. The van der Waals surface area contributed by atoms with Crippen molar-refractivity contribution >= 4 is 17.8 Å². The molecule has 0 fully saturated rings. The Labute approximate surface area is 136 Å². The molecule has 0 heterocycles. The molecule has 0 bridgehead atoms. The number of carbonyl (C=O) groups excluding carboxylic acids is 2. The quantitative estimate of drug-likeness (QED) is 0.804. The van der Waals surface area contributed by atoms with E-state index in [-0.39, 0.29) is 17.4 Å². The Morgan fingerprint density at radius 2 is 1.83 bits per heavy atom. The van der Waals surface area contributed by atoms with Crippen LogP contribution < -0.4 is 5.32 Å². The van der Waals surface area contributed by atoms with Gasteiger partial charge in [-0.25, -0.2) is 4.79 Å². The van der Waals surface area contributed by atoms with Gasteiger partial charge in [0.2, 0.25) is 0 Å². The monoisotopic (exact) mass is 320 g/mol. The van der Waals surface area contributed by atoms with Crippen molar-refractivity contribution in [3.05, 3.63) is 35.4 Å². The minimum atomic E-state index is -1.06. The molecule has 0 radical (unpaired) electrons. The van der Waals surface area contributed by atoms with Crippen LogP contribution in [0.15, 0.2) is 24.3 Å². The van der Waals surface area contributed by atoms with E-state index in [4.69, 9.17) is 0 Å². The molecule has 1 rings (SSSR count). The van der Waals surface area contributed by atoms with E-state index in [1.165, 1.54) is 11.0 Å². The van der Waals surface area contributed by atoms with Gasteiger partial charge in [0, 0.05) is 24.7 Å². The summed E-state index contributed by atoms with van der Waals surface area (Å²) in [7, 11) is 1.68. The van der Waals surface area contributed by atoms with Gasteiger partial charge in [0.15, 0.2) is 0 Å². The molecule has 23 heavy (non-hydrogen) atoms. The van der Waals surface area contributed by atoms with Crippen LogP contribution in [-0.2, 0) is 4.79 Å². The number of hydrogen-bond donors (Lipinski definition) is 2. The maximum atomic E-state index is 12.3. The predicted octanol–water partition coefficient (Wildman–Crippen LogP) is 2.01. The number of nitrogens with zero attached hydrogens (tertiary/aromatic N) is 1. The topological polar surface area (TPSA) is 86.7 Å². The van der Waals surface area contributed by atoms with Crippen LogP contribution >= 0.6 is 0 Å². The molecule has 2 amide bonds. The first kappa shape index (κ1) is 18.7. The van der Waals surface area contributed by atoms with Gasteiger partial charge in [-0.3, -0.25) is 9.59 Å². The number of hydrogen-bond acceptors (Lipinski definition) is 3. The van der Waals surface area contributed by atoms with E-state index in [0.717, 1.165) is 0 Å². The van der Waals surface area contributed by atoms with Crippen molar-refractivity contribution in [3.8, 4) is 0 Å². The third-order valence-corrected chi connectivity index (χ3v) is 3.50. The van der Waals surface area contributed by atoms with Crippen LogP contribution in [0.2, 0.25) is 0 Å². The number of carboxylic acids is 1. The first-order valence-corrected chi connectivity index (χ1v) is 7.65. The first-order chi connectivity index (χ1) is 10.8. The molecule has 0 aromatic heterocycles. The Morgan fingerprint density at radius 1 is 1.22 bits per heavy atom. The normalized spacial score (nSPS) is 11.9. The lowest BCUT2D eigenvalue weighted by Crippen LogP contribution is -2.41. The number of benzene rings is 1. The summed E-state index contributed by atoms with van der Waals surface area (Å²) in [5.74, 6) is -1.60. The van der Waals surface area contributed by atoms with Gasteiger partial charge >= 0.3 is 5.97 Å². The number of aliphatic carboxylic acids is 1. The van der Waals surface area contributed by atoms with Gasteiger partial charge in [0.1, 0.15) is 6.04 Å². The van der Waals surface area contributed by atoms with Crippen molar-refractivity contribution < 1.29 is 19.5 Å². The second-order valence-corrected chi connectivity index (χ2v) is 5.89. The van der Waals surface area contributed by atoms with E-state index >= 15 is 0 Å². The second-order valence-electron chi connectivity index (χ2n) is 5.89. The minimum Gasteiger partial charge on any atom is -0.480 e. The number of amides is 2. The molecule has 0 saturated heterocycles. The molecule has 1 aromatic carbocycles. The molecule has 0 aliphatic heterocycles. The molecule has 1 atom stereocenters. The molecule has 126 valence electrons. The van der Waals surface area contributed by atoms with Crippen LogP contribution in [0.5, 0.6) is 0 Å². The fourth-order valence-corrected chi connectivity index (χ4v) is 2.09. The largest absolute Gasteiger partial charge is 0.480 e. The SMILES string of the molecule is CCN(C)C(=O)c1cccc(C(=O)NC(CC(C)C)C(=O)O)c1. The number of rotatable bonds is 7. The molecule has 6 heteroatoms. The maximum absolute atomic E-state index is 12.3. The van der Waals surface area contributed by atoms with E-state index in [9.17, 15) is 19.5 Å². The van der Waals surface area contributed by atoms with Crippen LogP contribution in [0.3, 0.4) is 0 Å². The van der Waals surface area contributed by atoms with E-state index in [0.29, 0.717) is 18.5 Å². The fraction of sp³-hybridized carbons (Fsp3) is 0.471. The van der Waals surface area contributed by atoms with E-state index in [2.05, 4.69) is 5.32 Å². The van der Waals surface area contributed by atoms with E-state index in [1.807, 2.05) is 20.8 Å². The van der Waals surface area contributed by atoms with Crippen molar-refractivity contribution in [2.45, 2.75) is 33.2 Å². The van der Waals surface area contributed by atoms with Crippen molar-refractivity contribution in [2.24, 2.45) is 5.92 Å². The van der Waals surface area contributed by atoms with Crippen molar-refractivity contribution in [1.82, 2.24) is 10.2 Å². The highest BCUT2D eigenvalue weighted by atomic mass is 16.4. The summed E-state index contributed by atoms with van der Waals surface area (Å²) in [6.07, 6.45) is 0.346. The van der Waals surface area contributed by atoms with Gasteiger partial charge < -0.3 is 15.3 Å². The van der Waals surface area contributed by atoms with Crippen LogP contribution in [0, 0.1) is 5.92 Å². The zero-order valence-electron chi connectivity index (χ0n) is 14.0. The highest BCUT2D eigenvalue weighted by Gasteiger charge is 2.22. The van der Waals surface area contributed by atoms with Crippen LogP contribution in [-0.4, -0.2) is 47.4 Å². The van der Waals surface area contributed by atoms with Gasteiger partial charge in [0.05, 0.1) is 0 Å². The molecule has 1 aromatic rings. The third-order valence-electron chi connectivity index (χ3n) is 3.50. The van der Waals surface area contributed by atoms with Crippen LogP contribution in [0.4, 0.5) is 0 Å². The number of nitrogens with one attached hydrogen (secondary N) is 1. The van der Waals surface area contributed by atoms with Gasteiger partial charge in [0.25, 0.3) is 11.8 Å². The fourth-order valence-electron chi connectivity index (χ4n) is 2.09. The lowest BCUT2D eigenvalue weighted by Gasteiger charge is -2.17. The second kappa shape index (κ2) is 8.31. The highest BCUT2D eigenvalue weighted by molar-refractivity contribution is 6.00. The lowest BCUT2D eigenvalue weighted by atomic mass is 10.0. The molecule has 1 unspecified atom stereocenters. The average Bonchev–Trinajstić information content (AvgIpc) is 2.52. The van der Waals surface area contributed by atoms with Crippen molar-refractivity contribution in [1.29, 1.82) is 0 Å². The summed E-state index contributed by atoms with van der Waals surface area (Å²) < 4.78 is 0. The van der Waals surface area contributed by atoms with Gasteiger partial charge in [-0.05, 0) is 37.5 Å². The molecule has 0 spiro atoms. The Balaban J connectivity index is 2.91. The summed E-state index contributed by atoms with van der Waals surface area (Å²) in [6.45, 7) is 6.20. The zero-order chi connectivity index (χ0) is 17.6. The Kier molecular flexibility index (Phi) is 6.75. The van der Waals surface area contributed by atoms with E-state index < -0.39 is 17.9 Å². The maximum Gasteiger partial charge on any atom is 0.326 e. The smallest absolute Gasteiger partial charge is 0.326 e.